The second-order valence-electron chi connectivity index (χ2n) is 4.46. The highest BCUT2D eigenvalue weighted by atomic mass is 16.6. The van der Waals surface area contributed by atoms with Crippen LogP contribution < -0.4 is 0 Å². The Morgan fingerprint density at radius 2 is 1.73 bits per heavy atom. The Morgan fingerprint density at radius 3 is 2.33 bits per heavy atom. The Bertz CT molecular complexity index is 286. The minimum absolute atomic E-state index is 0.0214. The van der Waals surface area contributed by atoms with Crippen molar-refractivity contribution in [2.24, 2.45) is 11.8 Å². The molecule has 4 heteroatoms. The summed E-state index contributed by atoms with van der Waals surface area (Å²) in [6.07, 6.45) is 2.88. The van der Waals surface area contributed by atoms with Gasteiger partial charge in [-0.1, -0.05) is 0 Å². The van der Waals surface area contributed by atoms with Crippen LogP contribution in [0.2, 0.25) is 0 Å². The molecule has 2 aliphatic carbocycles. The average Bonchev–Trinajstić information content (AvgIpc) is 2.60. The number of hydrogen-bond donors (Lipinski definition) is 0. The van der Waals surface area contributed by atoms with Gasteiger partial charge in [0.15, 0.2) is 0 Å². The summed E-state index contributed by atoms with van der Waals surface area (Å²) in [4.78, 5) is 21.8. The summed E-state index contributed by atoms with van der Waals surface area (Å²) in [5.74, 6) is 0.139. The average molecular weight is 212 g/mol. The molecule has 0 aromatic carbocycles. The number of esters is 2. The standard InChI is InChI=1S/C11H16O4/c1-6(12)14-10-5-8-3-4-9(10)11(8)15-7(2)13/h8-11H,3-5H2,1-2H3/t8-,9-,10+,11+/m0/s1. The van der Waals surface area contributed by atoms with Crippen molar-refractivity contribution in [2.75, 3.05) is 0 Å². The largest absolute Gasteiger partial charge is 0.462 e. The predicted molar refractivity (Wildman–Crippen MR) is 51.9 cm³/mol. The zero-order valence-electron chi connectivity index (χ0n) is 9.06. The summed E-state index contributed by atoms with van der Waals surface area (Å²) in [6.45, 7) is 2.85. The number of rotatable bonds is 2. The fourth-order valence-electron chi connectivity index (χ4n) is 2.93. The molecule has 2 saturated carbocycles. The molecular formula is C11H16O4. The lowest BCUT2D eigenvalue weighted by molar-refractivity contribution is -0.152. The Labute approximate surface area is 88.9 Å². The van der Waals surface area contributed by atoms with E-state index in [1.807, 2.05) is 0 Å². The SMILES string of the molecule is CC(=O)O[C@@H]1[C@H]2CC[C@H]1[C@H](OC(C)=O)C2. The molecule has 0 N–H and O–H groups in total. The van der Waals surface area contributed by atoms with Gasteiger partial charge in [-0.15, -0.1) is 0 Å². The van der Waals surface area contributed by atoms with Crippen molar-refractivity contribution in [3.63, 3.8) is 0 Å². The van der Waals surface area contributed by atoms with Gasteiger partial charge in [-0.3, -0.25) is 9.59 Å². The van der Waals surface area contributed by atoms with E-state index in [0.29, 0.717) is 5.92 Å². The van der Waals surface area contributed by atoms with Crippen molar-refractivity contribution in [3.05, 3.63) is 0 Å². The van der Waals surface area contributed by atoms with Crippen molar-refractivity contribution < 1.29 is 19.1 Å². The summed E-state index contributed by atoms with van der Waals surface area (Å²) in [7, 11) is 0. The molecule has 2 rings (SSSR count). The maximum absolute atomic E-state index is 10.9. The van der Waals surface area contributed by atoms with Gasteiger partial charge in [-0.2, -0.15) is 0 Å². The van der Waals surface area contributed by atoms with Gasteiger partial charge >= 0.3 is 11.9 Å². The number of carbonyl (C=O) groups excluding carboxylic acids is 2. The molecule has 0 saturated heterocycles. The third-order valence-corrected chi connectivity index (χ3v) is 3.39. The molecule has 0 aliphatic heterocycles. The molecule has 0 aromatic rings. The Hall–Kier alpha value is -1.06. The molecule has 4 atom stereocenters. The van der Waals surface area contributed by atoms with E-state index in [1.54, 1.807) is 0 Å². The van der Waals surface area contributed by atoms with Gasteiger partial charge in [0.2, 0.25) is 0 Å². The van der Waals surface area contributed by atoms with E-state index in [4.69, 9.17) is 9.47 Å². The molecule has 2 fully saturated rings. The van der Waals surface area contributed by atoms with Crippen LogP contribution in [0.15, 0.2) is 0 Å². The number of hydrogen-bond acceptors (Lipinski definition) is 4. The first-order valence-electron chi connectivity index (χ1n) is 5.42. The fourth-order valence-corrected chi connectivity index (χ4v) is 2.93. The van der Waals surface area contributed by atoms with Gasteiger partial charge in [-0.05, 0) is 25.2 Å². The van der Waals surface area contributed by atoms with Crippen LogP contribution in [0.3, 0.4) is 0 Å². The highest BCUT2D eigenvalue weighted by Crippen LogP contribution is 2.47. The molecule has 0 heterocycles. The fraction of sp³-hybridized carbons (Fsp3) is 0.818. The van der Waals surface area contributed by atoms with Gasteiger partial charge in [0.25, 0.3) is 0 Å². The van der Waals surface area contributed by atoms with Gasteiger partial charge < -0.3 is 9.47 Å². The third-order valence-electron chi connectivity index (χ3n) is 3.39. The van der Waals surface area contributed by atoms with Crippen LogP contribution in [0.1, 0.15) is 33.1 Å². The van der Waals surface area contributed by atoms with Gasteiger partial charge in [-0.25, -0.2) is 0 Å². The molecular weight excluding hydrogens is 196 g/mol. The zero-order chi connectivity index (χ0) is 11.0. The van der Waals surface area contributed by atoms with Crippen LogP contribution in [-0.4, -0.2) is 24.1 Å². The maximum atomic E-state index is 10.9. The second-order valence-corrected chi connectivity index (χ2v) is 4.46. The Balaban J connectivity index is 1.99. The molecule has 4 nitrogen and oxygen atoms in total. The molecule has 0 unspecified atom stereocenters. The molecule has 0 radical (unpaired) electrons. The van der Waals surface area contributed by atoms with Gasteiger partial charge in [0.05, 0.1) is 0 Å². The first-order valence-corrected chi connectivity index (χ1v) is 5.42. The lowest BCUT2D eigenvalue weighted by Gasteiger charge is -2.21. The van der Waals surface area contributed by atoms with Gasteiger partial charge in [0.1, 0.15) is 12.2 Å². The molecule has 2 bridgehead atoms. The van der Waals surface area contributed by atoms with Crippen LogP contribution >= 0.6 is 0 Å². The van der Waals surface area contributed by atoms with E-state index < -0.39 is 0 Å². The van der Waals surface area contributed by atoms with E-state index in [9.17, 15) is 9.59 Å². The van der Waals surface area contributed by atoms with Crippen LogP contribution in [0.25, 0.3) is 0 Å². The predicted octanol–water partition coefficient (Wildman–Crippen LogP) is 1.28. The van der Waals surface area contributed by atoms with Crippen molar-refractivity contribution in [1.82, 2.24) is 0 Å². The third kappa shape index (κ3) is 1.98. The number of fused-ring (bicyclic) bond motifs is 2. The first-order chi connectivity index (χ1) is 7.08. The van der Waals surface area contributed by atoms with Crippen molar-refractivity contribution in [1.29, 1.82) is 0 Å². The zero-order valence-corrected chi connectivity index (χ0v) is 9.06. The van der Waals surface area contributed by atoms with Crippen molar-refractivity contribution in [3.8, 4) is 0 Å². The molecule has 0 spiro atoms. The highest BCUT2D eigenvalue weighted by molar-refractivity contribution is 5.67. The van der Waals surface area contributed by atoms with E-state index >= 15 is 0 Å². The van der Waals surface area contributed by atoms with Crippen LogP contribution in [0.5, 0.6) is 0 Å². The molecule has 84 valence electrons. The molecule has 2 aliphatic rings. The topological polar surface area (TPSA) is 52.6 Å². The van der Waals surface area contributed by atoms with E-state index in [2.05, 4.69) is 0 Å². The summed E-state index contributed by atoms with van der Waals surface area (Å²) in [5.41, 5.74) is 0. The normalized spacial score (nSPS) is 37.7. The summed E-state index contributed by atoms with van der Waals surface area (Å²) < 4.78 is 10.5. The van der Waals surface area contributed by atoms with E-state index in [1.165, 1.54) is 13.8 Å². The lowest BCUT2D eigenvalue weighted by atomic mass is 9.98. The summed E-state index contributed by atoms with van der Waals surface area (Å²) in [5, 5.41) is 0. The van der Waals surface area contributed by atoms with Crippen molar-refractivity contribution >= 4 is 11.9 Å². The van der Waals surface area contributed by atoms with E-state index in [-0.39, 0.29) is 30.1 Å². The Morgan fingerprint density at radius 1 is 1.07 bits per heavy atom. The number of carbonyl (C=O) groups is 2. The van der Waals surface area contributed by atoms with Crippen LogP contribution in [-0.2, 0) is 19.1 Å². The first kappa shape index (κ1) is 10.5. The number of ether oxygens (including phenoxy) is 2. The monoisotopic (exact) mass is 212 g/mol. The van der Waals surface area contributed by atoms with Crippen LogP contribution in [0, 0.1) is 11.8 Å². The van der Waals surface area contributed by atoms with E-state index in [0.717, 1.165) is 19.3 Å². The maximum Gasteiger partial charge on any atom is 0.302 e. The second kappa shape index (κ2) is 3.83. The quantitative estimate of drug-likeness (QED) is 0.647. The molecule has 15 heavy (non-hydrogen) atoms. The highest BCUT2D eigenvalue weighted by Gasteiger charge is 2.51. The van der Waals surface area contributed by atoms with Crippen molar-refractivity contribution in [2.45, 2.75) is 45.3 Å². The summed E-state index contributed by atoms with van der Waals surface area (Å²) in [6, 6.07) is 0. The minimum atomic E-state index is -0.242. The molecule has 0 aromatic heterocycles. The molecule has 0 amide bonds. The van der Waals surface area contributed by atoms with Gasteiger partial charge in [0, 0.05) is 19.8 Å². The Kier molecular flexibility index (Phi) is 2.67. The minimum Gasteiger partial charge on any atom is -0.462 e. The smallest absolute Gasteiger partial charge is 0.302 e. The summed E-state index contributed by atoms with van der Waals surface area (Å²) >= 11 is 0. The van der Waals surface area contributed by atoms with Crippen LogP contribution in [0.4, 0.5) is 0 Å². The lowest BCUT2D eigenvalue weighted by Crippen LogP contribution is -2.27.